The predicted octanol–water partition coefficient (Wildman–Crippen LogP) is 2.13. The topological polar surface area (TPSA) is 73.9 Å². The summed E-state index contributed by atoms with van der Waals surface area (Å²) in [6, 6.07) is 0.313. The van der Waals surface area contributed by atoms with Gasteiger partial charge in [-0.1, -0.05) is 31.5 Å². The first kappa shape index (κ1) is 13.0. The van der Waals surface area contributed by atoms with Crippen molar-refractivity contribution in [2.24, 2.45) is 0 Å². The Labute approximate surface area is 100 Å². The SMILES string of the molecule is CCCCCSc1nc(N)nc(OCC)n1. The molecule has 1 aromatic heterocycles. The van der Waals surface area contributed by atoms with Crippen LogP contribution in [0.5, 0.6) is 6.01 Å². The van der Waals surface area contributed by atoms with Crippen molar-refractivity contribution in [1.29, 1.82) is 0 Å². The fourth-order valence-corrected chi connectivity index (χ4v) is 1.96. The summed E-state index contributed by atoms with van der Waals surface area (Å²) >= 11 is 1.59. The van der Waals surface area contributed by atoms with Gasteiger partial charge in [0.25, 0.3) is 0 Å². The number of unbranched alkanes of at least 4 members (excludes halogenated alkanes) is 2. The zero-order valence-corrected chi connectivity index (χ0v) is 10.6. The summed E-state index contributed by atoms with van der Waals surface area (Å²) in [5.41, 5.74) is 5.56. The van der Waals surface area contributed by atoms with E-state index in [1.165, 1.54) is 12.8 Å². The molecule has 90 valence electrons. The first-order chi connectivity index (χ1) is 7.76. The van der Waals surface area contributed by atoms with Crippen LogP contribution in [0.1, 0.15) is 33.1 Å². The van der Waals surface area contributed by atoms with Gasteiger partial charge in [-0.2, -0.15) is 15.0 Å². The molecule has 0 saturated carbocycles. The maximum absolute atomic E-state index is 5.56. The number of anilines is 1. The molecular weight excluding hydrogens is 224 g/mol. The number of hydrogen-bond donors (Lipinski definition) is 1. The molecule has 0 atom stereocenters. The summed E-state index contributed by atoms with van der Waals surface area (Å²) < 4.78 is 5.20. The van der Waals surface area contributed by atoms with Gasteiger partial charge < -0.3 is 10.5 Å². The standard InChI is InChI=1S/C10H18N4OS/c1-3-5-6-7-16-10-13-8(11)12-9(14-10)15-4-2/h3-7H2,1-2H3,(H2,11,12,13,14). The van der Waals surface area contributed by atoms with Gasteiger partial charge in [0.1, 0.15) is 0 Å². The quantitative estimate of drug-likeness (QED) is 0.583. The summed E-state index contributed by atoms with van der Waals surface area (Å²) in [7, 11) is 0. The van der Waals surface area contributed by atoms with Crippen molar-refractivity contribution < 1.29 is 4.74 Å². The normalized spacial score (nSPS) is 10.4. The number of rotatable bonds is 7. The fraction of sp³-hybridized carbons (Fsp3) is 0.700. The molecule has 2 N–H and O–H groups in total. The molecule has 6 heteroatoms. The van der Waals surface area contributed by atoms with Gasteiger partial charge in [0.05, 0.1) is 6.61 Å². The molecule has 0 aliphatic heterocycles. The van der Waals surface area contributed by atoms with Crippen LogP contribution < -0.4 is 10.5 Å². The van der Waals surface area contributed by atoms with E-state index in [0.717, 1.165) is 12.2 Å². The van der Waals surface area contributed by atoms with Crippen molar-refractivity contribution in [1.82, 2.24) is 15.0 Å². The number of aromatic nitrogens is 3. The molecule has 0 radical (unpaired) electrons. The van der Waals surface area contributed by atoms with Crippen LogP contribution in [-0.4, -0.2) is 27.3 Å². The number of hydrogen-bond acceptors (Lipinski definition) is 6. The third-order valence-electron chi connectivity index (χ3n) is 1.86. The highest BCUT2D eigenvalue weighted by atomic mass is 32.2. The lowest BCUT2D eigenvalue weighted by atomic mass is 10.3. The number of ether oxygens (including phenoxy) is 1. The number of nitrogens with zero attached hydrogens (tertiary/aromatic N) is 3. The minimum atomic E-state index is 0.219. The van der Waals surface area contributed by atoms with E-state index in [4.69, 9.17) is 10.5 Å². The van der Waals surface area contributed by atoms with E-state index in [1.54, 1.807) is 11.8 Å². The highest BCUT2D eigenvalue weighted by Crippen LogP contribution is 2.18. The van der Waals surface area contributed by atoms with Crippen LogP contribution in [0.4, 0.5) is 5.95 Å². The summed E-state index contributed by atoms with van der Waals surface area (Å²) in [5.74, 6) is 1.22. The van der Waals surface area contributed by atoms with Crippen molar-refractivity contribution in [2.45, 2.75) is 38.3 Å². The maximum Gasteiger partial charge on any atom is 0.322 e. The lowest BCUT2D eigenvalue weighted by Gasteiger charge is -2.04. The zero-order chi connectivity index (χ0) is 11.8. The van der Waals surface area contributed by atoms with E-state index < -0.39 is 0 Å². The lowest BCUT2D eigenvalue weighted by Crippen LogP contribution is -2.04. The monoisotopic (exact) mass is 242 g/mol. The predicted molar refractivity (Wildman–Crippen MR) is 65.7 cm³/mol. The van der Waals surface area contributed by atoms with Gasteiger partial charge in [-0.3, -0.25) is 0 Å². The summed E-state index contributed by atoms with van der Waals surface area (Å²) in [5, 5.41) is 0.645. The molecule has 5 nitrogen and oxygen atoms in total. The van der Waals surface area contributed by atoms with Gasteiger partial charge in [-0.05, 0) is 13.3 Å². The Morgan fingerprint density at radius 1 is 1.19 bits per heavy atom. The zero-order valence-electron chi connectivity index (χ0n) is 9.77. The molecule has 0 unspecified atom stereocenters. The molecule has 1 aromatic rings. The van der Waals surface area contributed by atoms with Crippen LogP contribution in [0.3, 0.4) is 0 Å². The first-order valence-electron chi connectivity index (χ1n) is 5.53. The molecule has 0 spiro atoms. The van der Waals surface area contributed by atoms with Crippen molar-refractivity contribution in [2.75, 3.05) is 18.1 Å². The third-order valence-corrected chi connectivity index (χ3v) is 2.80. The lowest BCUT2D eigenvalue weighted by molar-refractivity contribution is 0.308. The second-order valence-electron chi connectivity index (χ2n) is 3.25. The van der Waals surface area contributed by atoms with Crippen LogP contribution in [0, 0.1) is 0 Å². The second kappa shape index (κ2) is 7.27. The molecule has 1 heterocycles. The molecule has 0 amide bonds. The van der Waals surface area contributed by atoms with Gasteiger partial charge in [-0.25, -0.2) is 0 Å². The van der Waals surface area contributed by atoms with E-state index in [0.29, 0.717) is 17.8 Å². The molecule has 0 aliphatic carbocycles. The Kier molecular flexibility index (Phi) is 5.92. The smallest absolute Gasteiger partial charge is 0.322 e. The maximum atomic E-state index is 5.56. The Bertz CT molecular complexity index is 322. The Morgan fingerprint density at radius 2 is 2.00 bits per heavy atom. The highest BCUT2D eigenvalue weighted by molar-refractivity contribution is 7.99. The summed E-state index contributed by atoms with van der Waals surface area (Å²) in [6.07, 6.45) is 3.60. The Hall–Kier alpha value is -1.04. The van der Waals surface area contributed by atoms with Gasteiger partial charge >= 0.3 is 6.01 Å². The van der Waals surface area contributed by atoms with Gasteiger partial charge in [0.15, 0.2) is 5.16 Å². The summed E-state index contributed by atoms with van der Waals surface area (Å²) in [4.78, 5) is 12.1. The second-order valence-corrected chi connectivity index (χ2v) is 4.31. The number of thioether (sulfide) groups is 1. The summed E-state index contributed by atoms with van der Waals surface area (Å²) in [6.45, 7) is 4.59. The van der Waals surface area contributed by atoms with Crippen LogP contribution in [0.15, 0.2) is 5.16 Å². The van der Waals surface area contributed by atoms with Crippen molar-refractivity contribution in [3.8, 4) is 6.01 Å². The molecule has 0 fully saturated rings. The Balaban J connectivity index is 2.51. The number of nitrogen functional groups attached to an aromatic ring is 1. The van der Waals surface area contributed by atoms with E-state index >= 15 is 0 Å². The van der Waals surface area contributed by atoms with E-state index in [2.05, 4.69) is 21.9 Å². The average molecular weight is 242 g/mol. The molecule has 0 aliphatic rings. The third kappa shape index (κ3) is 4.65. The van der Waals surface area contributed by atoms with Crippen molar-refractivity contribution >= 4 is 17.7 Å². The minimum Gasteiger partial charge on any atom is -0.464 e. The highest BCUT2D eigenvalue weighted by Gasteiger charge is 2.05. The molecule has 1 rings (SSSR count). The minimum absolute atomic E-state index is 0.219. The fourth-order valence-electron chi connectivity index (χ4n) is 1.13. The van der Waals surface area contributed by atoms with Crippen LogP contribution >= 0.6 is 11.8 Å². The Morgan fingerprint density at radius 3 is 2.69 bits per heavy atom. The van der Waals surface area contributed by atoms with Crippen LogP contribution in [0.2, 0.25) is 0 Å². The largest absolute Gasteiger partial charge is 0.464 e. The molecule has 0 saturated heterocycles. The molecular formula is C10H18N4OS. The van der Waals surface area contributed by atoms with Gasteiger partial charge in [0.2, 0.25) is 5.95 Å². The van der Waals surface area contributed by atoms with Crippen LogP contribution in [0.25, 0.3) is 0 Å². The average Bonchev–Trinajstić information content (AvgIpc) is 2.24. The van der Waals surface area contributed by atoms with Crippen LogP contribution in [-0.2, 0) is 0 Å². The van der Waals surface area contributed by atoms with Gasteiger partial charge in [-0.15, -0.1) is 0 Å². The van der Waals surface area contributed by atoms with Crippen molar-refractivity contribution in [3.63, 3.8) is 0 Å². The van der Waals surface area contributed by atoms with E-state index in [1.807, 2.05) is 6.92 Å². The van der Waals surface area contributed by atoms with E-state index in [9.17, 15) is 0 Å². The first-order valence-corrected chi connectivity index (χ1v) is 6.52. The van der Waals surface area contributed by atoms with Crippen molar-refractivity contribution in [3.05, 3.63) is 0 Å². The molecule has 0 aromatic carbocycles. The number of nitrogens with two attached hydrogens (primary N) is 1. The molecule has 0 bridgehead atoms. The van der Waals surface area contributed by atoms with E-state index in [-0.39, 0.29) is 5.95 Å². The molecule has 16 heavy (non-hydrogen) atoms. The van der Waals surface area contributed by atoms with Gasteiger partial charge in [0, 0.05) is 5.75 Å².